The Morgan fingerprint density at radius 3 is 1.45 bits per heavy atom. The minimum atomic E-state index is -1.44. The van der Waals surface area contributed by atoms with Gasteiger partial charge in [-0.05, 0) is 61.5 Å². The van der Waals surface area contributed by atoms with Gasteiger partial charge in [-0.1, -0.05) is 0 Å². The van der Waals surface area contributed by atoms with E-state index in [0.29, 0.717) is 17.4 Å². The molecule has 0 amide bonds. The fourth-order valence-corrected chi connectivity index (χ4v) is 2.03. The Balaban J connectivity index is -0.000000225. The van der Waals surface area contributed by atoms with E-state index in [1.807, 2.05) is 27.7 Å². The van der Waals surface area contributed by atoms with E-state index in [1.165, 1.54) is 7.11 Å². The number of esters is 1. The zero-order chi connectivity index (χ0) is 30.3. The molecule has 0 saturated carbocycles. The summed E-state index contributed by atoms with van der Waals surface area (Å²) in [5.74, 6) is 0.296. The molecule has 0 aliphatic heterocycles. The Hall–Kier alpha value is -3.11. The van der Waals surface area contributed by atoms with Gasteiger partial charge in [0.15, 0.2) is 17.9 Å². The van der Waals surface area contributed by atoms with E-state index in [9.17, 15) is 9.59 Å². The number of halogens is 1. The number of aryl methyl sites for hydroxylation is 4. The summed E-state index contributed by atoms with van der Waals surface area (Å²) in [6.07, 6.45) is 13.7. The predicted molar refractivity (Wildman–Crippen MR) is 143 cm³/mol. The first kappa shape index (κ1) is 43.3. The Kier molecular flexibility index (Phi) is 27.6. The number of aromatic nitrogens is 8. The van der Waals surface area contributed by atoms with Crippen LogP contribution in [-0.4, -0.2) is 72.8 Å². The van der Waals surface area contributed by atoms with Crippen LogP contribution in [0.4, 0.5) is 0 Å². The molecular weight excluding hydrogens is 621 g/mol. The molecule has 1 N–H and O–H groups in total. The molecule has 0 spiro atoms. The van der Waals surface area contributed by atoms with E-state index < -0.39 is 20.8 Å². The Bertz CT molecular complexity index is 1310. The minimum absolute atomic E-state index is 0. The van der Waals surface area contributed by atoms with Crippen LogP contribution in [0.5, 0.6) is 0 Å². The molecule has 4 aromatic heterocycles. The fourth-order valence-electron chi connectivity index (χ4n) is 1.93. The SMILES string of the molecule is COC(=O)c1ncc(C)cn1.Cc1cnc(C=O)nc1.Cc1cnc(CO)nc1.Cc1cnc(Cl)nc1.[B].[H-].[Na+].[O]=[Mn]=[O]. The second-order valence-electron chi connectivity index (χ2n) is 7.24. The summed E-state index contributed by atoms with van der Waals surface area (Å²) < 4.78 is 21.2. The normalized spacial score (nSPS) is 8.45. The Morgan fingerprint density at radius 2 is 1.14 bits per heavy atom. The van der Waals surface area contributed by atoms with Crippen molar-refractivity contribution in [1.29, 1.82) is 0 Å². The summed E-state index contributed by atoms with van der Waals surface area (Å²) in [6.45, 7) is 7.45. The van der Waals surface area contributed by atoms with Crippen LogP contribution >= 0.6 is 11.6 Å². The summed E-state index contributed by atoms with van der Waals surface area (Å²) in [7, 11) is 1.30. The van der Waals surface area contributed by atoms with Crippen LogP contribution in [0.1, 0.15) is 50.7 Å². The molecule has 218 valence electrons. The Morgan fingerprint density at radius 1 is 0.810 bits per heavy atom. The molecule has 0 bridgehead atoms. The number of carbonyl (C=O) groups is 2. The molecule has 4 aromatic rings. The van der Waals surface area contributed by atoms with Crippen molar-refractivity contribution >= 4 is 32.3 Å². The van der Waals surface area contributed by atoms with Crippen molar-refractivity contribution in [2.24, 2.45) is 0 Å². The van der Waals surface area contributed by atoms with Gasteiger partial charge < -0.3 is 11.3 Å². The van der Waals surface area contributed by atoms with Crippen molar-refractivity contribution in [3.8, 4) is 0 Å². The molecule has 0 aliphatic rings. The second-order valence-corrected chi connectivity index (χ2v) is 7.77. The standard InChI is InChI=1S/C7H8N2O2.C6H8N2O.C6H6N2O.C5H5ClN2.B.Mn.Na.2O.H/c1-5-3-8-6(9-4-5)7(10)11-2;2*1-5-2-7-6(4-9)8-3-5;1-4-2-7-5(6)8-3-4;;;;;;/h3-4H,1-2H3;2-3,9H,4H2,1H3;2-4H,1H3;2-3H,1H3;;;;;;/q;;;;;;+1;;;-1. The number of methoxy groups -OCH3 is 1. The van der Waals surface area contributed by atoms with Gasteiger partial charge in [0.05, 0.1) is 7.11 Å². The first-order valence-electron chi connectivity index (χ1n) is 10.9. The fraction of sp³-hybridized carbons (Fsp3) is 0.250. The third kappa shape index (κ3) is 21.6. The molecule has 0 saturated heterocycles. The van der Waals surface area contributed by atoms with Gasteiger partial charge in [0.25, 0.3) is 0 Å². The van der Waals surface area contributed by atoms with Crippen LogP contribution in [0, 0.1) is 27.7 Å². The molecule has 42 heavy (non-hydrogen) atoms. The van der Waals surface area contributed by atoms with Gasteiger partial charge in [-0.2, -0.15) is 0 Å². The average Bonchev–Trinajstić information content (AvgIpc) is 2.97. The van der Waals surface area contributed by atoms with Crippen molar-refractivity contribution < 1.29 is 72.9 Å². The van der Waals surface area contributed by atoms with E-state index in [4.69, 9.17) is 24.4 Å². The molecule has 4 heterocycles. The maximum atomic E-state index is 10.8. The quantitative estimate of drug-likeness (QED) is 0.127. The first-order chi connectivity index (χ1) is 19.1. The van der Waals surface area contributed by atoms with Gasteiger partial charge in [-0.3, -0.25) is 4.79 Å². The summed E-state index contributed by atoms with van der Waals surface area (Å²) in [5.41, 5.74) is 3.90. The summed E-state index contributed by atoms with van der Waals surface area (Å²) in [5, 5.41) is 8.80. The molecule has 0 aliphatic carbocycles. The molecule has 0 atom stereocenters. The number of nitrogens with zero attached hydrogens (tertiary/aromatic N) is 8. The van der Waals surface area contributed by atoms with Crippen LogP contribution < -0.4 is 29.6 Å². The van der Waals surface area contributed by atoms with E-state index in [-0.39, 0.29) is 57.7 Å². The van der Waals surface area contributed by atoms with Gasteiger partial charge in [-0.15, -0.1) is 0 Å². The molecule has 3 radical (unpaired) electrons. The predicted octanol–water partition coefficient (Wildman–Crippen LogP) is -0.620. The molecule has 14 nitrogen and oxygen atoms in total. The maximum absolute atomic E-state index is 10.8. The Labute approximate surface area is 279 Å². The molecule has 0 unspecified atom stereocenters. The second kappa shape index (κ2) is 26.8. The van der Waals surface area contributed by atoms with Gasteiger partial charge in [0.2, 0.25) is 11.1 Å². The van der Waals surface area contributed by atoms with Crippen LogP contribution in [-0.2, 0) is 33.8 Å². The van der Waals surface area contributed by atoms with E-state index in [2.05, 4.69) is 44.6 Å². The van der Waals surface area contributed by atoms with Crippen molar-refractivity contribution in [2.75, 3.05) is 7.11 Å². The van der Waals surface area contributed by atoms with E-state index >= 15 is 0 Å². The van der Waals surface area contributed by atoms with Crippen molar-refractivity contribution in [3.63, 3.8) is 0 Å². The molecular formula is C24H28BClMnN8NaO6. The van der Waals surface area contributed by atoms with Crippen molar-refractivity contribution in [1.82, 2.24) is 39.9 Å². The van der Waals surface area contributed by atoms with Crippen molar-refractivity contribution in [2.45, 2.75) is 34.3 Å². The van der Waals surface area contributed by atoms with Gasteiger partial charge in [0, 0.05) is 58.0 Å². The summed E-state index contributed by atoms with van der Waals surface area (Å²) >= 11 is 3.95. The number of rotatable bonds is 3. The molecule has 18 heteroatoms. The molecule has 0 fully saturated rings. The third-order valence-electron chi connectivity index (χ3n) is 3.78. The molecule has 4 rings (SSSR count). The van der Waals surface area contributed by atoms with E-state index in [0.717, 1.165) is 22.3 Å². The van der Waals surface area contributed by atoms with E-state index in [1.54, 1.807) is 49.6 Å². The number of ether oxygens (including phenoxy) is 1. The number of hydrogen-bond donors (Lipinski definition) is 1. The zero-order valence-electron chi connectivity index (χ0n) is 24.8. The van der Waals surface area contributed by atoms with Crippen LogP contribution in [0.2, 0.25) is 5.28 Å². The van der Waals surface area contributed by atoms with Crippen LogP contribution in [0.3, 0.4) is 0 Å². The summed E-state index contributed by atoms with van der Waals surface area (Å²) in [6, 6.07) is 0. The zero-order valence-corrected chi connectivity index (χ0v) is 27.7. The number of aliphatic hydroxyl groups is 1. The van der Waals surface area contributed by atoms with Gasteiger partial charge in [0.1, 0.15) is 6.61 Å². The monoisotopic (exact) mass is 648 g/mol. The number of carbonyl (C=O) groups excluding carboxylic acids is 2. The number of aliphatic hydroxyl groups excluding tert-OH is 1. The third-order valence-corrected chi connectivity index (χ3v) is 3.98. The van der Waals surface area contributed by atoms with Crippen LogP contribution in [0.15, 0.2) is 49.6 Å². The topological polar surface area (TPSA) is 201 Å². The molecule has 0 aromatic carbocycles. The average molecular weight is 649 g/mol. The first-order valence-corrected chi connectivity index (χ1v) is 12.3. The van der Waals surface area contributed by atoms with Crippen LogP contribution in [0.25, 0.3) is 0 Å². The van der Waals surface area contributed by atoms with Gasteiger partial charge >= 0.3 is 58.0 Å². The van der Waals surface area contributed by atoms with Gasteiger partial charge in [-0.25, -0.2) is 44.7 Å². The summed E-state index contributed by atoms with van der Waals surface area (Å²) in [4.78, 5) is 50.9. The number of aldehydes is 1. The van der Waals surface area contributed by atoms with Crippen molar-refractivity contribution in [3.05, 3.63) is 94.6 Å². The number of hydrogen-bond acceptors (Lipinski definition) is 14.